The van der Waals surface area contributed by atoms with Crippen LogP contribution in [0.5, 0.6) is 0 Å². The molecule has 2 amide bonds. The minimum atomic E-state index is -0.942. The number of rotatable bonds is 4. The monoisotopic (exact) mass is 358 g/mol. The quantitative estimate of drug-likeness (QED) is 0.833. The zero-order valence-corrected chi connectivity index (χ0v) is 14.0. The van der Waals surface area contributed by atoms with Crippen molar-refractivity contribution in [1.82, 2.24) is 10.2 Å². The number of esters is 1. The van der Waals surface area contributed by atoms with Crippen LogP contribution in [0, 0.1) is 0 Å². The lowest BCUT2D eigenvalue weighted by Gasteiger charge is -2.34. The Balaban J connectivity index is 2.28. The molecule has 23 heavy (non-hydrogen) atoms. The average molecular weight is 359 g/mol. The minimum Gasteiger partial charge on any atom is -0.466 e. The highest BCUT2D eigenvalue weighted by Crippen LogP contribution is 2.27. The van der Waals surface area contributed by atoms with Gasteiger partial charge in [-0.05, 0) is 19.1 Å². The summed E-state index contributed by atoms with van der Waals surface area (Å²) < 4.78 is 4.87. The summed E-state index contributed by atoms with van der Waals surface area (Å²) >= 11 is 12.1. The number of hydrogen-bond donors (Lipinski definition) is 1. The molecule has 0 spiro atoms. The van der Waals surface area contributed by atoms with Crippen LogP contribution in [0.1, 0.15) is 23.7 Å². The Hall–Kier alpha value is -1.79. The van der Waals surface area contributed by atoms with E-state index in [4.69, 9.17) is 27.9 Å². The van der Waals surface area contributed by atoms with Crippen molar-refractivity contribution in [3.05, 3.63) is 33.8 Å². The Morgan fingerprint density at radius 1 is 1.35 bits per heavy atom. The highest BCUT2D eigenvalue weighted by molar-refractivity contribution is 6.39. The van der Waals surface area contributed by atoms with E-state index in [1.54, 1.807) is 25.1 Å². The summed E-state index contributed by atoms with van der Waals surface area (Å²) in [6.07, 6.45) is -0.215. The molecule has 0 aliphatic carbocycles. The molecule has 2 rings (SSSR count). The van der Waals surface area contributed by atoms with E-state index in [0.717, 1.165) is 0 Å². The third-order valence-electron chi connectivity index (χ3n) is 3.43. The number of carbonyl (C=O) groups excluding carboxylic acids is 3. The van der Waals surface area contributed by atoms with Gasteiger partial charge in [0.15, 0.2) is 0 Å². The second kappa shape index (κ2) is 7.66. The van der Waals surface area contributed by atoms with Crippen molar-refractivity contribution in [1.29, 1.82) is 0 Å². The Kier molecular flexibility index (Phi) is 5.85. The molecule has 1 aromatic carbocycles. The number of ether oxygens (including phenoxy) is 1. The van der Waals surface area contributed by atoms with Crippen molar-refractivity contribution in [2.45, 2.75) is 19.4 Å². The summed E-state index contributed by atoms with van der Waals surface area (Å²) in [6, 6.07) is 3.78. The fourth-order valence-corrected chi connectivity index (χ4v) is 2.94. The maximum atomic E-state index is 12.8. The van der Waals surface area contributed by atoms with Gasteiger partial charge in [0.2, 0.25) is 5.91 Å². The molecule has 124 valence electrons. The highest BCUT2D eigenvalue weighted by atomic mass is 35.5. The SMILES string of the molecule is CCOC(=O)C[C@@H]1C(=O)NCCN1C(=O)c1c(Cl)cccc1Cl. The van der Waals surface area contributed by atoms with Crippen molar-refractivity contribution in [2.24, 2.45) is 0 Å². The second-order valence-corrected chi connectivity index (χ2v) is 5.73. The molecule has 0 saturated carbocycles. The lowest BCUT2D eigenvalue weighted by molar-refractivity contribution is -0.147. The molecule has 0 radical (unpaired) electrons. The first-order chi connectivity index (χ1) is 11.0. The Morgan fingerprint density at radius 3 is 2.61 bits per heavy atom. The topological polar surface area (TPSA) is 75.7 Å². The number of amides is 2. The van der Waals surface area contributed by atoms with Crippen LogP contribution in [0.4, 0.5) is 0 Å². The van der Waals surface area contributed by atoms with E-state index in [0.29, 0.717) is 6.54 Å². The Morgan fingerprint density at radius 2 is 2.00 bits per heavy atom. The van der Waals surface area contributed by atoms with Gasteiger partial charge < -0.3 is 15.0 Å². The van der Waals surface area contributed by atoms with Crippen molar-refractivity contribution in [3.63, 3.8) is 0 Å². The number of piperazine rings is 1. The van der Waals surface area contributed by atoms with Crippen molar-refractivity contribution < 1.29 is 19.1 Å². The van der Waals surface area contributed by atoms with Crippen molar-refractivity contribution in [3.8, 4) is 0 Å². The summed E-state index contributed by atoms with van der Waals surface area (Å²) in [6.45, 7) is 2.44. The first-order valence-corrected chi connectivity index (χ1v) is 7.89. The van der Waals surface area contributed by atoms with Crippen LogP contribution in [0.15, 0.2) is 18.2 Å². The lowest BCUT2D eigenvalue weighted by atomic mass is 10.1. The fourth-order valence-electron chi connectivity index (χ4n) is 2.38. The average Bonchev–Trinajstić information content (AvgIpc) is 2.49. The second-order valence-electron chi connectivity index (χ2n) is 4.91. The van der Waals surface area contributed by atoms with Crippen LogP contribution in [0.2, 0.25) is 10.0 Å². The van der Waals surface area contributed by atoms with Gasteiger partial charge in [0.25, 0.3) is 5.91 Å². The van der Waals surface area contributed by atoms with Gasteiger partial charge in [0, 0.05) is 13.1 Å². The summed E-state index contributed by atoms with van der Waals surface area (Å²) in [5.74, 6) is -1.43. The van der Waals surface area contributed by atoms with Crippen LogP contribution in [0.3, 0.4) is 0 Å². The lowest BCUT2D eigenvalue weighted by Crippen LogP contribution is -2.58. The van der Waals surface area contributed by atoms with Crippen LogP contribution < -0.4 is 5.32 Å². The summed E-state index contributed by atoms with van der Waals surface area (Å²) in [7, 11) is 0. The molecule has 1 aromatic rings. The summed E-state index contributed by atoms with van der Waals surface area (Å²) in [4.78, 5) is 37.8. The molecule has 0 bridgehead atoms. The molecule has 0 unspecified atom stereocenters. The fraction of sp³-hybridized carbons (Fsp3) is 0.400. The number of nitrogens with one attached hydrogen (secondary N) is 1. The Bertz CT molecular complexity index is 616. The van der Waals surface area contributed by atoms with Gasteiger partial charge in [-0.1, -0.05) is 29.3 Å². The van der Waals surface area contributed by atoms with E-state index in [1.165, 1.54) is 4.90 Å². The van der Waals surface area contributed by atoms with Gasteiger partial charge in [-0.25, -0.2) is 0 Å². The number of halogens is 2. The first-order valence-electron chi connectivity index (χ1n) is 7.14. The van der Waals surface area contributed by atoms with Crippen LogP contribution in [0.25, 0.3) is 0 Å². The predicted molar refractivity (Wildman–Crippen MR) is 85.5 cm³/mol. The summed E-state index contributed by atoms with van der Waals surface area (Å²) in [5.41, 5.74) is 0.124. The van der Waals surface area contributed by atoms with E-state index in [2.05, 4.69) is 5.32 Å². The smallest absolute Gasteiger partial charge is 0.308 e. The van der Waals surface area contributed by atoms with Gasteiger partial charge >= 0.3 is 5.97 Å². The molecule has 1 fully saturated rings. The highest BCUT2D eigenvalue weighted by Gasteiger charge is 2.36. The van der Waals surface area contributed by atoms with E-state index in [-0.39, 0.29) is 35.2 Å². The maximum Gasteiger partial charge on any atom is 0.308 e. The normalized spacial score (nSPS) is 17.6. The van der Waals surface area contributed by atoms with E-state index in [1.807, 2.05) is 0 Å². The van der Waals surface area contributed by atoms with Crippen LogP contribution >= 0.6 is 23.2 Å². The molecular formula is C15H16Cl2N2O4. The zero-order valence-electron chi connectivity index (χ0n) is 12.5. The molecule has 6 nitrogen and oxygen atoms in total. The molecule has 1 aliphatic rings. The predicted octanol–water partition coefficient (Wildman–Crippen LogP) is 1.89. The van der Waals surface area contributed by atoms with Gasteiger partial charge in [-0.2, -0.15) is 0 Å². The van der Waals surface area contributed by atoms with Gasteiger partial charge in [0.05, 0.1) is 28.6 Å². The first kappa shape index (κ1) is 17.6. The van der Waals surface area contributed by atoms with E-state index < -0.39 is 23.8 Å². The molecule has 1 saturated heterocycles. The molecule has 1 N–H and O–H groups in total. The number of hydrogen-bond acceptors (Lipinski definition) is 4. The van der Waals surface area contributed by atoms with Crippen LogP contribution in [-0.2, 0) is 14.3 Å². The Labute approximate surface area is 143 Å². The molecular weight excluding hydrogens is 343 g/mol. The van der Waals surface area contributed by atoms with Gasteiger partial charge in [-0.3, -0.25) is 14.4 Å². The maximum absolute atomic E-state index is 12.8. The molecule has 1 atom stereocenters. The molecule has 1 aliphatic heterocycles. The number of benzene rings is 1. The third kappa shape index (κ3) is 3.95. The zero-order chi connectivity index (χ0) is 17.0. The van der Waals surface area contributed by atoms with E-state index >= 15 is 0 Å². The largest absolute Gasteiger partial charge is 0.466 e. The number of nitrogens with zero attached hydrogens (tertiary/aromatic N) is 1. The molecule has 0 aromatic heterocycles. The molecule has 8 heteroatoms. The summed E-state index contributed by atoms with van der Waals surface area (Å²) in [5, 5.41) is 3.03. The number of carbonyl (C=O) groups is 3. The third-order valence-corrected chi connectivity index (χ3v) is 4.06. The van der Waals surface area contributed by atoms with Crippen molar-refractivity contribution in [2.75, 3.05) is 19.7 Å². The minimum absolute atomic E-state index is 0.124. The van der Waals surface area contributed by atoms with E-state index in [9.17, 15) is 14.4 Å². The van der Waals surface area contributed by atoms with Gasteiger partial charge in [0.1, 0.15) is 6.04 Å². The van der Waals surface area contributed by atoms with Crippen molar-refractivity contribution >= 4 is 41.0 Å². The van der Waals surface area contributed by atoms with Crippen LogP contribution in [-0.4, -0.2) is 48.4 Å². The molecule has 1 heterocycles. The standard InChI is InChI=1S/C15H16Cl2N2O4/c1-2-23-12(20)8-11-14(21)18-6-7-19(11)15(22)13-9(16)4-3-5-10(13)17/h3-5,11H,2,6-8H2,1H3,(H,18,21)/t11-/m1/s1. The van der Waals surface area contributed by atoms with Gasteiger partial charge in [-0.15, -0.1) is 0 Å².